The number of nitrogens with zero attached hydrogens (tertiary/aromatic N) is 3. The van der Waals surface area contributed by atoms with Gasteiger partial charge in [0.1, 0.15) is 6.54 Å². The molecule has 0 saturated heterocycles. The number of amides is 1. The van der Waals surface area contributed by atoms with Crippen molar-refractivity contribution in [1.82, 2.24) is 15.5 Å². The van der Waals surface area contributed by atoms with Crippen LogP contribution in [0.25, 0.3) is 10.7 Å². The first-order chi connectivity index (χ1) is 13.9. The molecule has 3 aromatic rings. The van der Waals surface area contributed by atoms with Crippen molar-refractivity contribution in [2.75, 3.05) is 23.9 Å². The van der Waals surface area contributed by atoms with Crippen LogP contribution in [0.1, 0.15) is 5.89 Å². The predicted octanol–water partition coefficient (Wildman–Crippen LogP) is 1.61. The third-order valence-electron chi connectivity index (χ3n) is 3.98. The Bertz CT molecular complexity index is 1130. The standard InChI is InChI=1S/C17H16N4O6S2/c1-29(23,24)21(11-4-5-12-13(7-11)26-10-25-12)9-15(22)18-8-16-19-17(20-27-16)14-3-2-6-28-14/h2-7H,8-10H2,1H3,(H,18,22). The molecule has 2 aromatic heterocycles. The van der Waals surface area contributed by atoms with E-state index < -0.39 is 22.5 Å². The number of fused-ring (bicyclic) bond motifs is 1. The van der Waals surface area contributed by atoms with E-state index in [0.717, 1.165) is 15.4 Å². The number of rotatable bonds is 7. The van der Waals surface area contributed by atoms with Crippen molar-refractivity contribution in [3.05, 3.63) is 41.6 Å². The smallest absolute Gasteiger partial charge is 0.246 e. The molecule has 0 saturated carbocycles. The maximum Gasteiger partial charge on any atom is 0.246 e. The van der Waals surface area contributed by atoms with Gasteiger partial charge in [0.05, 0.1) is 23.4 Å². The van der Waals surface area contributed by atoms with Crippen LogP contribution in [0.15, 0.2) is 40.2 Å². The fourth-order valence-corrected chi connectivity index (χ4v) is 4.13. The number of thiophene rings is 1. The van der Waals surface area contributed by atoms with Crippen LogP contribution in [-0.4, -0.2) is 44.1 Å². The lowest BCUT2D eigenvalue weighted by Gasteiger charge is -2.21. The number of ether oxygens (including phenoxy) is 2. The Balaban J connectivity index is 1.42. The number of benzene rings is 1. The molecule has 152 valence electrons. The van der Waals surface area contributed by atoms with Gasteiger partial charge in [-0.1, -0.05) is 11.2 Å². The first-order valence-electron chi connectivity index (χ1n) is 8.41. The van der Waals surface area contributed by atoms with Gasteiger partial charge in [-0.15, -0.1) is 11.3 Å². The summed E-state index contributed by atoms with van der Waals surface area (Å²) in [6.07, 6.45) is 1.02. The van der Waals surface area contributed by atoms with Crippen molar-refractivity contribution in [2.45, 2.75) is 6.54 Å². The fourth-order valence-electron chi connectivity index (χ4n) is 2.63. The topological polar surface area (TPSA) is 124 Å². The summed E-state index contributed by atoms with van der Waals surface area (Å²) in [6.45, 7) is -0.365. The number of carbonyl (C=O) groups excluding carboxylic acids is 1. The van der Waals surface area contributed by atoms with Crippen LogP contribution in [-0.2, 0) is 21.4 Å². The summed E-state index contributed by atoms with van der Waals surface area (Å²) in [4.78, 5) is 17.4. The van der Waals surface area contributed by atoms with E-state index in [9.17, 15) is 13.2 Å². The second-order valence-electron chi connectivity index (χ2n) is 6.07. The lowest BCUT2D eigenvalue weighted by molar-refractivity contribution is -0.119. The first kappa shape index (κ1) is 19.2. The molecule has 1 amide bonds. The number of hydrogen-bond acceptors (Lipinski definition) is 9. The van der Waals surface area contributed by atoms with Gasteiger partial charge in [0.15, 0.2) is 11.5 Å². The van der Waals surface area contributed by atoms with Crippen LogP contribution < -0.4 is 19.1 Å². The minimum Gasteiger partial charge on any atom is -0.454 e. The second-order valence-corrected chi connectivity index (χ2v) is 8.93. The highest BCUT2D eigenvalue weighted by molar-refractivity contribution is 7.92. The Morgan fingerprint density at radius 1 is 1.28 bits per heavy atom. The van der Waals surface area contributed by atoms with Gasteiger partial charge >= 0.3 is 0 Å². The van der Waals surface area contributed by atoms with E-state index in [0.29, 0.717) is 23.0 Å². The minimum absolute atomic E-state index is 0.0179. The lowest BCUT2D eigenvalue weighted by Crippen LogP contribution is -2.40. The van der Waals surface area contributed by atoms with E-state index in [4.69, 9.17) is 14.0 Å². The number of sulfonamides is 1. The summed E-state index contributed by atoms with van der Waals surface area (Å²) in [5, 5.41) is 8.34. The average Bonchev–Trinajstić information content (AvgIpc) is 3.43. The molecule has 1 N–H and O–H groups in total. The van der Waals surface area contributed by atoms with E-state index in [1.165, 1.54) is 17.4 Å². The van der Waals surface area contributed by atoms with Crippen molar-refractivity contribution in [3.63, 3.8) is 0 Å². The van der Waals surface area contributed by atoms with Crippen molar-refractivity contribution >= 4 is 33.0 Å². The van der Waals surface area contributed by atoms with Crippen molar-refractivity contribution in [2.24, 2.45) is 0 Å². The van der Waals surface area contributed by atoms with Crippen LogP contribution in [0, 0.1) is 0 Å². The van der Waals surface area contributed by atoms with E-state index in [2.05, 4.69) is 15.5 Å². The highest BCUT2D eigenvalue weighted by atomic mass is 32.2. The third-order valence-corrected chi connectivity index (χ3v) is 5.98. The summed E-state index contributed by atoms with van der Waals surface area (Å²) in [7, 11) is -3.71. The van der Waals surface area contributed by atoms with Gasteiger partial charge in [-0.25, -0.2) is 8.42 Å². The van der Waals surface area contributed by atoms with Crippen LogP contribution in [0.5, 0.6) is 11.5 Å². The second kappa shape index (κ2) is 7.72. The number of nitrogens with one attached hydrogen (secondary N) is 1. The molecule has 0 spiro atoms. The average molecular weight is 436 g/mol. The monoisotopic (exact) mass is 436 g/mol. The Morgan fingerprint density at radius 2 is 2.10 bits per heavy atom. The maximum atomic E-state index is 12.4. The molecule has 0 unspecified atom stereocenters. The Labute approximate surface area is 170 Å². The predicted molar refractivity (Wildman–Crippen MR) is 104 cm³/mol. The summed E-state index contributed by atoms with van der Waals surface area (Å²) in [6, 6.07) is 8.38. The lowest BCUT2D eigenvalue weighted by atomic mass is 10.3. The molecule has 0 atom stereocenters. The first-order valence-corrected chi connectivity index (χ1v) is 11.1. The molecule has 10 nitrogen and oxygen atoms in total. The van der Waals surface area contributed by atoms with Crippen molar-refractivity contribution < 1.29 is 27.2 Å². The van der Waals surface area contributed by atoms with E-state index in [1.807, 2.05) is 17.5 Å². The molecule has 4 rings (SSSR count). The van der Waals surface area contributed by atoms with Crippen LogP contribution in [0.3, 0.4) is 0 Å². The minimum atomic E-state index is -3.71. The Hall–Kier alpha value is -3.12. The molecule has 29 heavy (non-hydrogen) atoms. The number of carbonyl (C=O) groups is 1. The van der Waals surface area contributed by atoms with Crippen molar-refractivity contribution in [1.29, 1.82) is 0 Å². The molecule has 1 aliphatic rings. The van der Waals surface area contributed by atoms with Gasteiger partial charge < -0.3 is 19.3 Å². The van der Waals surface area contributed by atoms with Crippen LogP contribution in [0.4, 0.5) is 5.69 Å². The molecular formula is C17H16N4O6S2. The molecule has 0 fully saturated rings. The Kier molecular flexibility index (Phi) is 5.11. The molecule has 0 radical (unpaired) electrons. The van der Waals surface area contributed by atoms with Gasteiger partial charge in [-0.3, -0.25) is 9.10 Å². The quantitative estimate of drug-likeness (QED) is 0.592. The zero-order valence-corrected chi connectivity index (χ0v) is 16.8. The van der Waals surface area contributed by atoms with Crippen LogP contribution >= 0.6 is 11.3 Å². The Morgan fingerprint density at radius 3 is 2.86 bits per heavy atom. The number of anilines is 1. The molecule has 1 aromatic carbocycles. The van der Waals surface area contributed by atoms with Gasteiger partial charge in [0.2, 0.25) is 34.4 Å². The summed E-state index contributed by atoms with van der Waals surface area (Å²) < 4.78 is 41.0. The van der Waals surface area contributed by atoms with Gasteiger partial charge in [-0.2, -0.15) is 4.98 Å². The van der Waals surface area contributed by atoms with Crippen molar-refractivity contribution in [3.8, 4) is 22.2 Å². The third kappa shape index (κ3) is 4.32. The molecule has 12 heteroatoms. The highest BCUT2D eigenvalue weighted by Gasteiger charge is 2.24. The fraction of sp³-hybridized carbons (Fsp3) is 0.235. The molecule has 3 heterocycles. The SMILES string of the molecule is CS(=O)(=O)N(CC(=O)NCc1nc(-c2cccs2)no1)c1ccc2c(c1)OCO2. The molecule has 1 aliphatic heterocycles. The largest absolute Gasteiger partial charge is 0.454 e. The molecule has 0 aliphatic carbocycles. The highest BCUT2D eigenvalue weighted by Crippen LogP contribution is 2.36. The molecule has 0 bridgehead atoms. The summed E-state index contributed by atoms with van der Waals surface area (Å²) >= 11 is 1.47. The van der Waals surface area contributed by atoms with Gasteiger partial charge in [0, 0.05) is 6.07 Å². The molecular weight excluding hydrogens is 420 g/mol. The normalized spacial score (nSPS) is 12.7. The number of aromatic nitrogens is 2. The van der Waals surface area contributed by atoms with Gasteiger partial charge in [-0.05, 0) is 23.6 Å². The summed E-state index contributed by atoms with van der Waals surface area (Å²) in [5.74, 6) is 1.06. The maximum absolute atomic E-state index is 12.4. The van der Waals surface area contributed by atoms with E-state index in [1.54, 1.807) is 12.1 Å². The van der Waals surface area contributed by atoms with E-state index >= 15 is 0 Å². The number of hydrogen-bond donors (Lipinski definition) is 1. The van der Waals surface area contributed by atoms with Gasteiger partial charge in [0.25, 0.3) is 0 Å². The van der Waals surface area contributed by atoms with E-state index in [-0.39, 0.29) is 19.2 Å². The zero-order valence-electron chi connectivity index (χ0n) is 15.2. The van der Waals surface area contributed by atoms with Crippen LogP contribution in [0.2, 0.25) is 0 Å². The summed E-state index contributed by atoms with van der Waals surface area (Å²) in [5.41, 5.74) is 0.296. The zero-order chi connectivity index (χ0) is 20.4.